The molecule has 0 aliphatic heterocycles. The van der Waals surface area contributed by atoms with Gasteiger partial charge in [-0.1, -0.05) is 37.9 Å². The molecular weight excluding hydrogens is 282 g/mol. The zero-order chi connectivity index (χ0) is 9.14. The molecule has 1 aromatic rings. The molecule has 0 saturated carbocycles. The van der Waals surface area contributed by atoms with Gasteiger partial charge in [-0.15, -0.1) is 0 Å². The Morgan fingerprint density at radius 3 is 2.58 bits per heavy atom. The minimum atomic E-state index is 0.211. The molecule has 1 atom stereocenters. The molecule has 0 saturated heterocycles. The maximum absolute atomic E-state index is 5.70. The Labute approximate surface area is 89.6 Å². The van der Waals surface area contributed by atoms with E-state index in [0.29, 0.717) is 0 Å². The molecule has 0 bridgehead atoms. The molecule has 1 unspecified atom stereocenters. The molecule has 12 heavy (non-hydrogen) atoms. The molecule has 0 radical (unpaired) electrons. The molecule has 1 aromatic carbocycles. The average Bonchev–Trinajstić information content (AvgIpc) is 1.94. The summed E-state index contributed by atoms with van der Waals surface area (Å²) < 4.78 is 2.21. The van der Waals surface area contributed by atoms with E-state index < -0.39 is 0 Å². The molecule has 0 aliphatic rings. The Kier molecular flexibility index (Phi) is 3.75. The summed E-state index contributed by atoms with van der Waals surface area (Å²) in [6, 6.07) is 6.36. The smallest absolute Gasteiger partial charge is 0.0219 e. The maximum atomic E-state index is 5.70. The number of hydrogen-bond donors (Lipinski definition) is 1. The monoisotopic (exact) mass is 291 g/mol. The first-order chi connectivity index (χ1) is 5.59. The van der Waals surface area contributed by atoms with Crippen molar-refractivity contribution in [3.8, 4) is 0 Å². The molecule has 1 rings (SSSR count). The van der Waals surface area contributed by atoms with Crippen molar-refractivity contribution in [2.24, 2.45) is 5.73 Å². The molecule has 0 aliphatic carbocycles. The Morgan fingerprint density at radius 1 is 1.42 bits per heavy atom. The van der Waals surface area contributed by atoms with E-state index in [1.807, 2.05) is 19.1 Å². The highest BCUT2D eigenvalue weighted by Gasteiger charge is 2.02. The van der Waals surface area contributed by atoms with Crippen molar-refractivity contribution in [1.82, 2.24) is 0 Å². The summed E-state index contributed by atoms with van der Waals surface area (Å²) in [6.07, 6.45) is 0.911. The Balaban J connectivity index is 2.86. The molecule has 0 spiro atoms. The summed E-state index contributed by atoms with van der Waals surface area (Å²) in [5.41, 5.74) is 6.96. The summed E-state index contributed by atoms with van der Waals surface area (Å²) in [5, 5.41) is 0. The van der Waals surface area contributed by atoms with E-state index in [-0.39, 0.29) is 6.04 Å². The van der Waals surface area contributed by atoms with Crippen LogP contribution in [-0.2, 0) is 6.42 Å². The number of halogens is 2. The van der Waals surface area contributed by atoms with Crippen LogP contribution in [0.5, 0.6) is 0 Å². The first-order valence-electron chi connectivity index (χ1n) is 3.79. The third-order valence-electron chi connectivity index (χ3n) is 1.56. The molecule has 2 N–H and O–H groups in total. The van der Waals surface area contributed by atoms with E-state index in [1.165, 1.54) is 5.56 Å². The Bertz CT molecular complexity index is 271. The molecule has 0 aromatic heterocycles. The maximum Gasteiger partial charge on any atom is 0.0219 e. The van der Waals surface area contributed by atoms with Crippen LogP contribution >= 0.6 is 31.9 Å². The van der Waals surface area contributed by atoms with Gasteiger partial charge in [-0.2, -0.15) is 0 Å². The molecular formula is C9H11Br2N. The fraction of sp³-hybridized carbons (Fsp3) is 0.333. The van der Waals surface area contributed by atoms with E-state index in [0.717, 1.165) is 15.4 Å². The summed E-state index contributed by atoms with van der Waals surface area (Å²) in [5.74, 6) is 0. The molecule has 0 fully saturated rings. The van der Waals surface area contributed by atoms with Crippen molar-refractivity contribution in [2.75, 3.05) is 0 Å². The predicted molar refractivity (Wildman–Crippen MR) is 59.2 cm³/mol. The lowest BCUT2D eigenvalue weighted by atomic mass is 10.1. The molecule has 1 nitrogen and oxygen atoms in total. The normalized spacial score (nSPS) is 13.0. The minimum absolute atomic E-state index is 0.211. The van der Waals surface area contributed by atoms with Gasteiger partial charge in [0.05, 0.1) is 0 Å². The van der Waals surface area contributed by atoms with Crippen LogP contribution in [-0.4, -0.2) is 6.04 Å². The highest BCUT2D eigenvalue weighted by molar-refractivity contribution is 9.11. The van der Waals surface area contributed by atoms with Gasteiger partial charge in [0.2, 0.25) is 0 Å². The lowest BCUT2D eigenvalue weighted by molar-refractivity contribution is 0.736. The Hall–Kier alpha value is 0.140. The number of rotatable bonds is 2. The van der Waals surface area contributed by atoms with Crippen molar-refractivity contribution in [1.29, 1.82) is 0 Å². The number of nitrogens with two attached hydrogens (primary N) is 1. The SMILES string of the molecule is CC(N)Cc1ccc(Br)cc1Br. The van der Waals surface area contributed by atoms with Crippen LogP contribution in [0.2, 0.25) is 0 Å². The fourth-order valence-corrected chi connectivity index (χ4v) is 2.24. The third-order valence-corrected chi connectivity index (χ3v) is 2.79. The Morgan fingerprint density at radius 2 is 2.08 bits per heavy atom. The number of hydrogen-bond acceptors (Lipinski definition) is 1. The zero-order valence-electron chi connectivity index (χ0n) is 6.85. The highest BCUT2D eigenvalue weighted by atomic mass is 79.9. The summed E-state index contributed by atoms with van der Waals surface area (Å²) in [6.45, 7) is 2.01. The largest absolute Gasteiger partial charge is 0.328 e. The molecule has 66 valence electrons. The van der Waals surface area contributed by atoms with E-state index in [2.05, 4.69) is 37.9 Å². The van der Waals surface area contributed by atoms with Crippen LogP contribution < -0.4 is 5.73 Å². The number of benzene rings is 1. The van der Waals surface area contributed by atoms with Crippen molar-refractivity contribution in [3.63, 3.8) is 0 Å². The van der Waals surface area contributed by atoms with Crippen LogP contribution in [0.1, 0.15) is 12.5 Å². The predicted octanol–water partition coefficient (Wildman–Crippen LogP) is 3.10. The van der Waals surface area contributed by atoms with Crippen LogP contribution in [0, 0.1) is 0 Å². The van der Waals surface area contributed by atoms with E-state index >= 15 is 0 Å². The van der Waals surface area contributed by atoms with E-state index in [4.69, 9.17) is 5.73 Å². The molecule has 0 heterocycles. The second-order valence-electron chi connectivity index (χ2n) is 2.92. The average molecular weight is 293 g/mol. The lowest BCUT2D eigenvalue weighted by Gasteiger charge is -2.07. The summed E-state index contributed by atoms with van der Waals surface area (Å²) in [7, 11) is 0. The van der Waals surface area contributed by atoms with Crippen LogP contribution in [0.4, 0.5) is 0 Å². The van der Waals surface area contributed by atoms with Crippen molar-refractivity contribution in [2.45, 2.75) is 19.4 Å². The first-order valence-corrected chi connectivity index (χ1v) is 5.37. The van der Waals surface area contributed by atoms with Crippen LogP contribution in [0.3, 0.4) is 0 Å². The standard InChI is InChI=1S/C9H11Br2N/c1-6(12)4-7-2-3-8(10)5-9(7)11/h2-3,5-6H,4,12H2,1H3. The molecule has 0 amide bonds. The van der Waals surface area contributed by atoms with Gasteiger partial charge >= 0.3 is 0 Å². The van der Waals surface area contributed by atoms with Gasteiger partial charge in [0.1, 0.15) is 0 Å². The highest BCUT2D eigenvalue weighted by Crippen LogP contribution is 2.22. The second-order valence-corrected chi connectivity index (χ2v) is 4.69. The van der Waals surface area contributed by atoms with Gasteiger partial charge in [0.15, 0.2) is 0 Å². The van der Waals surface area contributed by atoms with Crippen molar-refractivity contribution in [3.05, 3.63) is 32.7 Å². The van der Waals surface area contributed by atoms with Crippen molar-refractivity contribution < 1.29 is 0 Å². The quantitative estimate of drug-likeness (QED) is 0.891. The fourth-order valence-electron chi connectivity index (χ4n) is 1.03. The lowest BCUT2D eigenvalue weighted by Crippen LogP contribution is -2.17. The zero-order valence-corrected chi connectivity index (χ0v) is 10.0. The van der Waals surface area contributed by atoms with Gasteiger partial charge in [-0.05, 0) is 31.0 Å². The summed E-state index contributed by atoms with van der Waals surface area (Å²) in [4.78, 5) is 0. The summed E-state index contributed by atoms with van der Waals surface area (Å²) >= 11 is 6.89. The van der Waals surface area contributed by atoms with Gasteiger partial charge < -0.3 is 5.73 Å². The van der Waals surface area contributed by atoms with Gasteiger partial charge in [0, 0.05) is 15.0 Å². The second kappa shape index (κ2) is 4.40. The van der Waals surface area contributed by atoms with Crippen molar-refractivity contribution >= 4 is 31.9 Å². The van der Waals surface area contributed by atoms with Gasteiger partial charge in [-0.3, -0.25) is 0 Å². The van der Waals surface area contributed by atoms with Gasteiger partial charge in [0.25, 0.3) is 0 Å². The van der Waals surface area contributed by atoms with Gasteiger partial charge in [-0.25, -0.2) is 0 Å². The third kappa shape index (κ3) is 2.88. The van der Waals surface area contributed by atoms with Crippen LogP contribution in [0.25, 0.3) is 0 Å². The first kappa shape index (κ1) is 10.2. The topological polar surface area (TPSA) is 26.0 Å². The molecule has 3 heteroatoms. The van der Waals surface area contributed by atoms with Crippen LogP contribution in [0.15, 0.2) is 27.1 Å². The van der Waals surface area contributed by atoms with E-state index in [1.54, 1.807) is 0 Å². The van der Waals surface area contributed by atoms with E-state index in [9.17, 15) is 0 Å². The minimum Gasteiger partial charge on any atom is -0.328 e.